The molecular weight excluding hydrogens is 288 g/mol. The van der Waals surface area contributed by atoms with Gasteiger partial charge in [-0.2, -0.15) is 0 Å². The van der Waals surface area contributed by atoms with Gasteiger partial charge in [-0.15, -0.1) is 0 Å². The summed E-state index contributed by atoms with van der Waals surface area (Å²) in [6.07, 6.45) is 11.0. The molecule has 0 aliphatic heterocycles. The van der Waals surface area contributed by atoms with Crippen LogP contribution in [0.15, 0.2) is 24.3 Å². The molecule has 2 atom stereocenters. The van der Waals surface area contributed by atoms with E-state index in [0.717, 1.165) is 19.3 Å². The molecule has 0 saturated heterocycles. The van der Waals surface area contributed by atoms with Gasteiger partial charge in [0, 0.05) is 23.5 Å². The fraction of sp³-hybridized carbons (Fsp3) is 0.429. The number of allylic oxidation sites excluding steroid dienone is 4. The Kier molecular flexibility index (Phi) is 16.1. The van der Waals surface area contributed by atoms with E-state index < -0.39 is 0 Å². The zero-order valence-corrected chi connectivity index (χ0v) is 11.6. The SMILES string of the molecule is CC1CCC(=O)C12C=CC=CC2.[C-]#[O+].[C-]#[O+].[C-]#[O+].[Fe]. The first-order valence-corrected chi connectivity index (χ1v) is 5.24. The standard InChI is InChI=1S/C11H14O.3CO.Fe/c1-9-5-6-10(12)11(9)7-3-2-4-8-11;3*1-2;/h2-4,7,9H,5-6,8H2,1H3;;;;. The molecule has 2 aliphatic carbocycles. The van der Waals surface area contributed by atoms with E-state index in [9.17, 15) is 4.79 Å². The smallest absolute Gasteiger partial charge is 0 e. The number of carbonyl (C=O) groups is 1. The third kappa shape index (κ3) is 5.59. The number of rotatable bonds is 0. The molecule has 0 N–H and O–H groups in total. The van der Waals surface area contributed by atoms with E-state index in [-0.39, 0.29) is 22.5 Å². The van der Waals surface area contributed by atoms with Crippen LogP contribution in [-0.2, 0) is 35.8 Å². The maximum absolute atomic E-state index is 11.7. The first kappa shape index (κ1) is 23.0. The van der Waals surface area contributed by atoms with Crippen molar-refractivity contribution in [2.45, 2.75) is 26.2 Å². The van der Waals surface area contributed by atoms with Gasteiger partial charge >= 0.3 is 33.9 Å². The molecule has 102 valence electrons. The first-order chi connectivity index (χ1) is 8.76. The van der Waals surface area contributed by atoms with Crippen molar-refractivity contribution in [3.05, 3.63) is 44.3 Å². The molecule has 19 heavy (non-hydrogen) atoms. The monoisotopic (exact) mass is 302 g/mol. The first-order valence-electron chi connectivity index (χ1n) is 5.24. The summed E-state index contributed by atoms with van der Waals surface area (Å²) in [4.78, 5) is 11.7. The fourth-order valence-electron chi connectivity index (χ4n) is 2.32. The van der Waals surface area contributed by atoms with Crippen LogP contribution in [0.4, 0.5) is 0 Å². The third-order valence-corrected chi connectivity index (χ3v) is 3.30. The summed E-state index contributed by atoms with van der Waals surface area (Å²) < 4.78 is 22.5. The topological polar surface area (TPSA) is 76.8 Å². The van der Waals surface area contributed by atoms with Crippen molar-refractivity contribution >= 4 is 5.78 Å². The van der Waals surface area contributed by atoms with Gasteiger partial charge in [-0.1, -0.05) is 31.2 Å². The maximum atomic E-state index is 11.7. The molecule has 0 bridgehead atoms. The summed E-state index contributed by atoms with van der Waals surface area (Å²) in [5.74, 6) is 0.974. The van der Waals surface area contributed by atoms with E-state index >= 15 is 0 Å². The predicted molar refractivity (Wildman–Crippen MR) is 60.5 cm³/mol. The molecule has 2 aliphatic rings. The predicted octanol–water partition coefficient (Wildman–Crippen LogP) is 2.37. The normalized spacial score (nSPS) is 25.4. The number of Topliss-reactive ketones (excluding diaryl/α,β-unsaturated/α-hetero) is 1. The van der Waals surface area contributed by atoms with Crippen LogP contribution >= 0.6 is 0 Å². The van der Waals surface area contributed by atoms with Crippen LogP contribution in [0.25, 0.3) is 0 Å². The van der Waals surface area contributed by atoms with Crippen LogP contribution < -0.4 is 0 Å². The summed E-state index contributed by atoms with van der Waals surface area (Å²) >= 11 is 0. The van der Waals surface area contributed by atoms with E-state index in [1.165, 1.54) is 0 Å². The van der Waals surface area contributed by atoms with E-state index in [2.05, 4.69) is 39.0 Å². The summed E-state index contributed by atoms with van der Waals surface area (Å²) in [6, 6.07) is 0. The van der Waals surface area contributed by atoms with Crippen LogP contribution in [-0.4, -0.2) is 5.78 Å². The zero-order valence-electron chi connectivity index (χ0n) is 10.5. The van der Waals surface area contributed by atoms with Crippen LogP contribution in [0.1, 0.15) is 26.2 Å². The number of carbonyl (C=O) groups excluding carboxylic acids is 1. The van der Waals surface area contributed by atoms with Gasteiger partial charge in [0.15, 0.2) is 0 Å². The van der Waals surface area contributed by atoms with Crippen molar-refractivity contribution < 1.29 is 35.8 Å². The molecule has 1 fully saturated rings. The Morgan fingerprint density at radius 3 is 2.00 bits per heavy atom. The second-order valence-corrected chi connectivity index (χ2v) is 3.89. The van der Waals surface area contributed by atoms with Crippen LogP contribution in [0.5, 0.6) is 0 Å². The average molecular weight is 302 g/mol. The molecule has 1 spiro atoms. The van der Waals surface area contributed by atoms with Crippen LogP contribution in [0.3, 0.4) is 0 Å². The Balaban J connectivity index is -0.000000325. The fourth-order valence-corrected chi connectivity index (χ4v) is 2.32. The molecule has 4 nitrogen and oxygen atoms in total. The molecule has 2 rings (SSSR count). The maximum Gasteiger partial charge on any atom is 0 e. The van der Waals surface area contributed by atoms with Crippen molar-refractivity contribution in [2.75, 3.05) is 0 Å². The Bertz CT molecular complexity index is 364. The number of hydrogen-bond donors (Lipinski definition) is 0. The van der Waals surface area contributed by atoms with Gasteiger partial charge in [-0.3, -0.25) is 4.79 Å². The van der Waals surface area contributed by atoms with Crippen LogP contribution in [0.2, 0.25) is 0 Å². The largest absolute Gasteiger partial charge is 0 e. The number of hydrogen-bond acceptors (Lipinski definition) is 1. The molecule has 1 saturated carbocycles. The van der Waals surface area contributed by atoms with Gasteiger partial charge < -0.3 is 0 Å². The average Bonchev–Trinajstić information content (AvgIpc) is 2.75. The molecule has 2 unspecified atom stereocenters. The quantitative estimate of drug-likeness (QED) is 0.384. The molecule has 0 amide bonds. The van der Waals surface area contributed by atoms with Crippen molar-refractivity contribution in [1.29, 1.82) is 0 Å². The van der Waals surface area contributed by atoms with Crippen molar-refractivity contribution in [3.63, 3.8) is 0 Å². The van der Waals surface area contributed by atoms with E-state index in [4.69, 9.17) is 14.0 Å². The summed E-state index contributed by atoms with van der Waals surface area (Å²) in [5.41, 5.74) is -0.116. The second kappa shape index (κ2) is 13.3. The van der Waals surface area contributed by atoms with E-state index in [0.29, 0.717) is 11.7 Å². The van der Waals surface area contributed by atoms with Crippen LogP contribution in [0, 0.1) is 31.3 Å². The molecule has 0 heterocycles. The number of ketones is 1. The Morgan fingerprint density at radius 1 is 1.16 bits per heavy atom. The van der Waals surface area contributed by atoms with Crippen molar-refractivity contribution in [2.24, 2.45) is 11.3 Å². The van der Waals surface area contributed by atoms with Gasteiger partial charge in [0.05, 0.1) is 5.41 Å². The second-order valence-electron chi connectivity index (χ2n) is 3.89. The molecule has 0 radical (unpaired) electrons. The Labute approximate surface area is 124 Å². The minimum atomic E-state index is -0.116. The van der Waals surface area contributed by atoms with Gasteiger partial charge in [-0.05, 0) is 18.8 Å². The zero-order chi connectivity index (χ0) is 14.6. The molecule has 0 aromatic rings. The van der Waals surface area contributed by atoms with E-state index in [1.54, 1.807) is 0 Å². The minimum absolute atomic E-state index is 0. The Morgan fingerprint density at radius 2 is 1.68 bits per heavy atom. The van der Waals surface area contributed by atoms with Crippen molar-refractivity contribution in [1.82, 2.24) is 0 Å². The van der Waals surface area contributed by atoms with Gasteiger partial charge in [0.25, 0.3) is 0 Å². The van der Waals surface area contributed by atoms with Crippen molar-refractivity contribution in [3.8, 4) is 0 Å². The third-order valence-electron chi connectivity index (χ3n) is 3.30. The van der Waals surface area contributed by atoms with Gasteiger partial charge in [-0.25, -0.2) is 0 Å². The summed E-state index contributed by atoms with van der Waals surface area (Å²) in [7, 11) is 0. The van der Waals surface area contributed by atoms with Gasteiger partial charge in [0.2, 0.25) is 0 Å². The summed E-state index contributed by atoms with van der Waals surface area (Å²) in [5, 5.41) is 0. The molecular formula is C14H14FeO4. The Hall–Kier alpha value is -1.11. The minimum Gasteiger partial charge on any atom is 0 e. The van der Waals surface area contributed by atoms with E-state index in [1.807, 2.05) is 12.2 Å². The van der Waals surface area contributed by atoms with Gasteiger partial charge in [0.1, 0.15) is 5.78 Å². The summed E-state index contributed by atoms with van der Waals surface area (Å²) in [6.45, 7) is 15.7. The molecule has 0 aromatic heterocycles. The molecule has 0 aromatic carbocycles. The molecule has 5 heteroatoms.